The number of benzene rings is 1. The van der Waals surface area contributed by atoms with Crippen molar-refractivity contribution in [3.63, 3.8) is 0 Å². The number of hydrogen-bond donors (Lipinski definition) is 2. The maximum Gasteiger partial charge on any atom is 0.251 e. The molecule has 2 N–H and O–H groups in total. The molecule has 3 rings (SSSR count). The Labute approximate surface area is 156 Å². The zero-order valence-corrected chi connectivity index (χ0v) is 16.4. The highest BCUT2D eigenvalue weighted by Gasteiger charge is 2.31. The van der Waals surface area contributed by atoms with Gasteiger partial charge in [0, 0.05) is 30.7 Å². The van der Waals surface area contributed by atoms with Crippen molar-refractivity contribution in [1.29, 1.82) is 0 Å². The van der Waals surface area contributed by atoms with E-state index in [4.69, 9.17) is 0 Å². The van der Waals surface area contributed by atoms with E-state index in [1.807, 2.05) is 13.8 Å². The van der Waals surface area contributed by atoms with Gasteiger partial charge in [-0.2, -0.15) is 4.31 Å². The van der Waals surface area contributed by atoms with Gasteiger partial charge < -0.3 is 10.6 Å². The number of rotatable bonds is 5. The second kappa shape index (κ2) is 8.06. The first-order valence-electron chi connectivity index (χ1n) is 9.53. The number of amides is 1. The van der Waals surface area contributed by atoms with E-state index in [1.54, 1.807) is 16.4 Å². The molecule has 6 nitrogen and oxygen atoms in total. The lowest BCUT2D eigenvalue weighted by Gasteiger charge is -2.32. The van der Waals surface area contributed by atoms with Crippen molar-refractivity contribution >= 4 is 15.9 Å². The Morgan fingerprint density at radius 3 is 2.77 bits per heavy atom. The molecule has 1 aromatic carbocycles. The molecular weight excluding hydrogens is 350 g/mol. The van der Waals surface area contributed by atoms with Crippen LogP contribution >= 0.6 is 0 Å². The quantitative estimate of drug-likeness (QED) is 0.821. The summed E-state index contributed by atoms with van der Waals surface area (Å²) in [5, 5.41) is 6.28. The Morgan fingerprint density at radius 2 is 2.08 bits per heavy atom. The molecule has 26 heavy (non-hydrogen) atoms. The summed E-state index contributed by atoms with van der Waals surface area (Å²) in [6.45, 7) is 5.89. The number of aryl methyl sites for hydroxylation is 1. The molecule has 2 unspecified atom stereocenters. The van der Waals surface area contributed by atoms with E-state index < -0.39 is 10.0 Å². The van der Waals surface area contributed by atoms with Gasteiger partial charge in [-0.05, 0) is 63.8 Å². The Kier molecular flexibility index (Phi) is 5.99. The van der Waals surface area contributed by atoms with Crippen LogP contribution in [0.5, 0.6) is 0 Å². The van der Waals surface area contributed by atoms with Gasteiger partial charge in [0.25, 0.3) is 5.91 Å². The third-order valence-electron chi connectivity index (χ3n) is 5.47. The summed E-state index contributed by atoms with van der Waals surface area (Å²) in [7, 11) is -3.57. The zero-order valence-electron chi connectivity index (χ0n) is 15.6. The van der Waals surface area contributed by atoms with Crippen LogP contribution in [-0.2, 0) is 10.0 Å². The van der Waals surface area contributed by atoms with Crippen LogP contribution in [0.1, 0.15) is 54.9 Å². The third kappa shape index (κ3) is 4.10. The average Bonchev–Trinajstić information content (AvgIpc) is 3.13. The fraction of sp³-hybridized carbons (Fsp3) is 0.632. The molecule has 0 spiro atoms. The normalized spacial score (nSPS) is 24.5. The van der Waals surface area contributed by atoms with Crippen molar-refractivity contribution in [1.82, 2.24) is 14.9 Å². The van der Waals surface area contributed by atoms with Crippen molar-refractivity contribution in [2.75, 3.05) is 19.6 Å². The maximum absolute atomic E-state index is 13.0. The van der Waals surface area contributed by atoms with E-state index in [2.05, 4.69) is 10.6 Å². The van der Waals surface area contributed by atoms with E-state index >= 15 is 0 Å². The molecule has 0 aromatic heterocycles. The Morgan fingerprint density at radius 1 is 1.27 bits per heavy atom. The smallest absolute Gasteiger partial charge is 0.251 e. The minimum atomic E-state index is -3.57. The van der Waals surface area contributed by atoms with Gasteiger partial charge in [0.1, 0.15) is 0 Å². The first kappa shape index (κ1) is 19.3. The summed E-state index contributed by atoms with van der Waals surface area (Å²) in [6, 6.07) is 5.18. The van der Waals surface area contributed by atoms with Crippen LogP contribution in [0.4, 0.5) is 0 Å². The standard InChI is InChI=1S/C19H29N3O3S/c1-14-8-9-17(26(24,25)22-11-4-3-6-15(22)2)12-18(14)19(23)21-13-16-7-5-10-20-16/h8-9,12,15-16,20H,3-7,10-11,13H2,1-2H3,(H,21,23). The number of carbonyl (C=O) groups is 1. The topological polar surface area (TPSA) is 78.5 Å². The average molecular weight is 380 g/mol. The summed E-state index contributed by atoms with van der Waals surface area (Å²) in [6.07, 6.45) is 5.01. The van der Waals surface area contributed by atoms with Gasteiger partial charge in [0.2, 0.25) is 10.0 Å². The second-order valence-electron chi connectivity index (χ2n) is 7.44. The number of nitrogens with one attached hydrogen (secondary N) is 2. The Bertz CT molecular complexity index is 757. The van der Waals surface area contributed by atoms with E-state index in [0.717, 1.165) is 44.2 Å². The highest BCUT2D eigenvalue weighted by Crippen LogP contribution is 2.26. The van der Waals surface area contributed by atoms with Gasteiger partial charge in [0.05, 0.1) is 4.90 Å². The van der Waals surface area contributed by atoms with E-state index in [-0.39, 0.29) is 16.8 Å². The number of piperidine rings is 1. The summed E-state index contributed by atoms with van der Waals surface area (Å²) in [5.74, 6) is -0.208. The maximum atomic E-state index is 13.0. The predicted molar refractivity (Wildman–Crippen MR) is 102 cm³/mol. The van der Waals surface area contributed by atoms with Crippen molar-refractivity contribution < 1.29 is 13.2 Å². The lowest BCUT2D eigenvalue weighted by Crippen LogP contribution is -2.42. The van der Waals surface area contributed by atoms with Gasteiger partial charge in [-0.1, -0.05) is 12.5 Å². The molecule has 2 aliphatic rings. The third-order valence-corrected chi connectivity index (χ3v) is 7.48. The highest BCUT2D eigenvalue weighted by atomic mass is 32.2. The van der Waals surface area contributed by atoms with Gasteiger partial charge in [0.15, 0.2) is 0 Å². The lowest BCUT2D eigenvalue weighted by molar-refractivity contribution is 0.0949. The lowest BCUT2D eigenvalue weighted by atomic mass is 10.1. The van der Waals surface area contributed by atoms with Crippen molar-refractivity contribution in [2.24, 2.45) is 0 Å². The van der Waals surface area contributed by atoms with Crippen LogP contribution in [0.3, 0.4) is 0 Å². The van der Waals surface area contributed by atoms with Gasteiger partial charge >= 0.3 is 0 Å². The number of sulfonamides is 1. The molecule has 1 aromatic rings. The van der Waals surface area contributed by atoms with Crippen LogP contribution in [0.15, 0.2) is 23.1 Å². The summed E-state index contributed by atoms with van der Waals surface area (Å²) < 4.78 is 27.6. The summed E-state index contributed by atoms with van der Waals surface area (Å²) >= 11 is 0. The molecule has 0 bridgehead atoms. The van der Waals surface area contributed by atoms with Gasteiger partial charge in [-0.3, -0.25) is 4.79 Å². The SMILES string of the molecule is Cc1ccc(S(=O)(=O)N2CCCCC2C)cc1C(=O)NCC1CCCN1. The van der Waals surface area contributed by atoms with Gasteiger partial charge in [-0.15, -0.1) is 0 Å². The molecule has 2 heterocycles. The molecule has 2 saturated heterocycles. The predicted octanol–water partition coefficient (Wildman–Crippen LogP) is 2.04. The van der Waals surface area contributed by atoms with Crippen LogP contribution in [0.2, 0.25) is 0 Å². The zero-order chi connectivity index (χ0) is 18.7. The van der Waals surface area contributed by atoms with Crippen LogP contribution in [0.25, 0.3) is 0 Å². The Hall–Kier alpha value is -1.44. The Balaban J connectivity index is 1.78. The van der Waals surface area contributed by atoms with E-state index in [0.29, 0.717) is 24.7 Å². The molecule has 7 heteroatoms. The first-order chi connectivity index (χ1) is 12.4. The van der Waals surface area contributed by atoms with Crippen LogP contribution < -0.4 is 10.6 Å². The monoisotopic (exact) mass is 379 g/mol. The molecule has 0 saturated carbocycles. The first-order valence-corrected chi connectivity index (χ1v) is 11.0. The number of nitrogens with zero attached hydrogens (tertiary/aromatic N) is 1. The minimum absolute atomic E-state index is 0.000713. The van der Waals surface area contributed by atoms with Crippen LogP contribution in [0, 0.1) is 6.92 Å². The van der Waals surface area contributed by atoms with Gasteiger partial charge in [-0.25, -0.2) is 8.42 Å². The number of hydrogen-bond acceptors (Lipinski definition) is 4. The molecule has 2 aliphatic heterocycles. The molecule has 0 aliphatic carbocycles. The second-order valence-corrected chi connectivity index (χ2v) is 9.33. The summed E-state index contributed by atoms with van der Waals surface area (Å²) in [5.41, 5.74) is 1.22. The molecule has 2 atom stereocenters. The number of carbonyl (C=O) groups excluding carboxylic acids is 1. The molecular formula is C19H29N3O3S. The summed E-state index contributed by atoms with van der Waals surface area (Å²) in [4.78, 5) is 12.8. The fourth-order valence-electron chi connectivity index (χ4n) is 3.81. The van der Waals surface area contributed by atoms with E-state index in [9.17, 15) is 13.2 Å². The molecule has 0 radical (unpaired) electrons. The highest BCUT2D eigenvalue weighted by molar-refractivity contribution is 7.89. The van der Waals surface area contributed by atoms with Crippen molar-refractivity contribution in [3.8, 4) is 0 Å². The van der Waals surface area contributed by atoms with Crippen molar-refractivity contribution in [3.05, 3.63) is 29.3 Å². The largest absolute Gasteiger partial charge is 0.350 e. The molecule has 2 fully saturated rings. The fourth-order valence-corrected chi connectivity index (χ4v) is 5.54. The van der Waals surface area contributed by atoms with E-state index in [1.165, 1.54) is 6.07 Å². The van der Waals surface area contributed by atoms with Crippen LogP contribution in [-0.4, -0.2) is 50.3 Å². The minimum Gasteiger partial charge on any atom is -0.350 e. The molecule has 1 amide bonds. The van der Waals surface area contributed by atoms with Crippen molar-refractivity contribution in [2.45, 2.75) is 62.9 Å². The molecule has 144 valence electrons.